The van der Waals surface area contributed by atoms with E-state index in [9.17, 15) is 14.0 Å². The third-order valence-electron chi connectivity index (χ3n) is 2.49. The minimum absolute atomic E-state index is 0.112. The Morgan fingerprint density at radius 1 is 1.26 bits per heavy atom. The monoisotopic (exact) mass is 266 g/mol. The summed E-state index contributed by atoms with van der Waals surface area (Å²) in [5, 5.41) is 4.92. The van der Waals surface area contributed by atoms with Gasteiger partial charge in [-0.05, 0) is 24.6 Å². The normalized spacial score (nSPS) is 11.0. The van der Waals surface area contributed by atoms with Crippen LogP contribution in [-0.2, 0) is 9.59 Å². The molecule has 0 fully saturated rings. The summed E-state index contributed by atoms with van der Waals surface area (Å²) in [6, 6.07) is 4.53. The van der Waals surface area contributed by atoms with Gasteiger partial charge in [0.2, 0.25) is 11.8 Å². The average Bonchev–Trinajstić information content (AvgIpc) is 2.28. The third-order valence-corrected chi connectivity index (χ3v) is 2.49. The summed E-state index contributed by atoms with van der Waals surface area (Å²) in [5.74, 6) is -1.18. The SMILES string of the molecule is Cc1ccc(NC(=O)CNC(=O)C(C)(C)C)c(F)c1. The van der Waals surface area contributed by atoms with Crippen molar-refractivity contribution < 1.29 is 14.0 Å². The first-order valence-electron chi connectivity index (χ1n) is 6.04. The fraction of sp³-hybridized carbons (Fsp3) is 0.429. The molecule has 0 aromatic heterocycles. The first-order valence-corrected chi connectivity index (χ1v) is 6.04. The lowest BCUT2D eigenvalue weighted by molar-refractivity contribution is -0.130. The van der Waals surface area contributed by atoms with Gasteiger partial charge in [-0.3, -0.25) is 9.59 Å². The van der Waals surface area contributed by atoms with Gasteiger partial charge in [0.05, 0.1) is 12.2 Å². The fourth-order valence-electron chi connectivity index (χ4n) is 1.34. The van der Waals surface area contributed by atoms with Crippen molar-refractivity contribution in [1.29, 1.82) is 0 Å². The molecule has 0 heterocycles. The van der Waals surface area contributed by atoms with Crippen molar-refractivity contribution in [1.82, 2.24) is 5.32 Å². The number of nitrogens with one attached hydrogen (secondary N) is 2. The number of amides is 2. The quantitative estimate of drug-likeness (QED) is 0.881. The van der Waals surface area contributed by atoms with Crippen LogP contribution in [0.25, 0.3) is 0 Å². The van der Waals surface area contributed by atoms with Crippen molar-refractivity contribution in [2.24, 2.45) is 5.41 Å². The standard InChI is InChI=1S/C14H19FN2O2/c1-9-5-6-11(10(15)7-9)17-12(18)8-16-13(19)14(2,3)4/h5-7H,8H2,1-4H3,(H,16,19)(H,17,18). The van der Waals surface area contributed by atoms with Gasteiger partial charge in [0.15, 0.2) is 0 Å². The number of rotatable bonds is 3. The average molecular weight is 266 g/mol. The van der Waals surface area contributed by atoms with Crippen LogP contribution in [0.4, 0.5) is 10.1 Å². The Morgan fingerprint density at radius 3 is 2.42 bits per heavy atom. The van der Waals surface area contributed by atoms with Gasteiger partial charge in [-0.15, -0.1) is 0 Å². The van der Waals surface area contributed by atoms with E-state index < -0.39 is 17.1 Å². The molecular formula is C14H19FN2O2. The van der Waals surface area contributed by atoms with Crippen LogP contribution in [0.3, 0.4) is 0 Å². The number of hydrogen-bond donors (Lipinski definition) is 2. The molecule has 1 rings (SSSR count). The van der Waals surface area contributed by atoms with Crippen molar-refractivity contribution in [3.05, 3.63) is 29.6 Å². The van der Waals surface area contributed by atoms with Crippen LogP contribution >= 0.6 is 0 Å². The fourth-order valence-corrected chi connectivity index (χ4v) is 1.34. The van der Waals surface area contributed by atoms with Crippen molar-refractivity contribution >= 4 is 17.5 Å². The number of halogens is 1. The van der Waals surface area contributed by atoms with Gasteiger partial charge in [-0.25, -0.2) is 4.39 Å². The van der Waals surface area contributed by atoms with Gasteiger partial charge < -0.3 is 10.6 Å². The highest BCUT2D eigenvalue weighted by molar-refractivity contribution is 5.95. The van der Waals surface area contributed by atoms with Gasteiger partial charge >= 0.3 is 0 Å². The molecule has 0 atom stereocenters. The molecule has 104 valence electrons. The molecule has 0 aliphatic heterocycles. The molecule has 0 saturated carbocycles. The van der Waals surface area contributed by atoms with Crippen LogP contribution in [0.15, 0.2) is 18.2 Å². The van der Waals surface area contributed by atoms with E-state index in [0.29, 0.717) is 0 Å². The van der Waals surface area contributed by atoms with Crippen molar-refractivity contribution in [2.45, 2.75) is 27.7 Å². The van der Waals surface area contributed by atoms with E-state index in [-0.39, 0.29) is 18.1 Å². The number of carbonyl (C=O) groups excluding carboxylic acids is 2. The summed E-state index contributed by atoms with van der Waals surface area (Å²) in [6.07, 6.45) is 0. The topological polar surface area (TPSA) is 58.2 Å². The maximum absolute atomic E-state index is 13.5. The van der Waals surface area contributed by atoms with E-state index >= 15 is 0 Å². The molecule has 4 nitrogen and oxygen atoms in total. The molecule has 19 heavy (non-hydrogen) atoms. The lowest BCUT2D eigenvalue weighted by atomic mass is 9.96. The Labute approximate surface area is 112 Å². The van der Waals surface area contributed by atoms with E-state index in [1.165, 1.54) is 12.1 Å². The van der Waals surface area contributed by atoms with Crippen LogP contribution in [0.5, 0.6) is 0 Å². The van der Waals surface area contributed by atoms with Gasteiger partial charge in [0.1, 0.15) is 5.82 Å². The first kappa shape index (κ1) is 15.1. The zero-order valence-electron chi connectivity index (χ0n) is 11.6. The van der Waals surface area contributed by atoms with Crippen molar-refractivity contribution in [3.8, 4) is 0 Å². The predicted molar refractivity (Wildman–Crippen MR) is 72.2 cm³/mol. The Kier molecular flexibility index (Phi) is 4.64. The van der Waals surface area contributed by atoms with Gasteiger partial charge in [-0.1, -0.05) is 26.8 Å². The van der Waals surface area contributed by atoms with Gasteiger partial charge in [0.25, 0.3) is 0 Å². The number of carbonyl (C=O) groups is 2. The van der Waals surface area contributed by atoms with E-state index in [4.69, 9.17) is 0 Å². The summed E-state index contributed by atoms with van der Waals surface area (Å²) in [6.45, 7) is 6.83. The van der Waals surface area contributed by atoms with Crippen LogP contribution in [0.2, 0.25) is 0 Å². The van der Waals surface area contributed by atoms with Crippen molar-refractivity contribution in [2.75, 3.05) is 11.9 Å². The summed E-state index contributed by atoms with van der Waals surface area (Å²) in [5.41, 5.74) is 0.326. The van der Waals surface area contributed by atoms with Crippen LogP contribution in [-0.4, -0.2) is 18.4 Å². The second-order valence-electron chi connectivity index (χ2n) is 5.46. The summed E-state index contributed by atoms with van der Waals surface area (Å²) >= 11 is 0. The highest BCUT2D eigenvalue weighted by atomic mass is 19.1. The summed E-state index contributed by atoms with van der Waals surface area (Å²) in [7, 11) is 0. The largest absolute Gasteiger partial charge is 0.347 e. The highest BCUT2D eigenvalue weighted by Crippen LogP contribution is 2.15. The minimum atomic E-state index is -0.560. The number of hydrogen-bond acceptors (Lipinski definition) is 2. The van der Waals surface area contributed by atoms with Crippen LogP contribution in [0.1, 0.15) is 26.3 Å². The Balaban J connectivity index is 2.54. The lowest BCUT2D eigenvalue weighted by Crippen LogP contribution is -2.39. The smallest absolute Gasteiger partial charge is 0.243 e. The summed E-state index contributed by atoms with van der Waals surface area (Å²) in [4.78, 5) is 23.2. The molecule has 0 spiro atoms. The molecule has 2 N–H and O–H groups in total. The van der Waals surface area contributed by atoms with E-state index in [0.717, 1.165) is 5.56 Å². The second kappa shape index (κ2) is 5.82. The predicted octanol–water partition coefficient (Wildman–Crippen LogP) is 2.23. The Bertz CT molecular complexity index is 493. The molecule has 1 aromatic rings. The third kappa shape index (κ3) is 4.69. The molecule has 2 amide bonds. The first-order chi connectivity index (χ1) is 8.70. The molecule has 5 heteroatoms. The molecule has 0 aliphatic carbocycles. The van der Waals surface area contributed by atoms with E-state index in [2.05, 4.69) is 10.6 Å². The molecule has 0 aliphatic rings. The zero-order valence-corrected chi connectivity index (χ0v) is 11.6. The van der Waals surface area contributed by atoms with Crippen molar-refractivity contribution in [3.63, 3.8) is 0 Å². The summed E-state index contributed by atoms with van der Waals surface area (Å²) < 4.78 is 13.5. The maximum atomic E-state index is 13.5. The number of benzene rings is 1. The molecule has 0 bridgehead atoms. The zero-order chi connectivity index (χ0) is 14.6. The van der Waals surface area contributed by atoms with Crippen LogP contribution in [0, 0.1) is 18.2 Å². The molecular weight excluding hydrogens is 247 g/mol. The maximum Gasteiger partial charge on any atom is 0.243 e. The van der Waals surface area contributed by atoms with Gasteiger partial charge in [-0.2, -0.15) is 0 Å². The number of anilines is 1. The Morgan fingerprint density at radius 2 is 1.89 bits per heavy atom. The lowest BCUT2D eigenvalue weighted by Gasteiger charge is -2.17. The molecule has 0 saturated heterocycles. The highest BCUT2D eigenvalue weighted by Gasteiger charge is 2.21. The molecule has 1 aromatic carbocycles. The van der Waals surface area contributed by atoms with E-state index in [1.54, 1.807) is 33.8 Å². The van der Waals surface area contributed by atoms with E-state index in [1.807, 2.05) is 0 Å². The molecule has 0 radical (unpaired) electrons. The Hall–Kier alpha value is -1.91. The number of aryl methyl sites for hydroxylation is 1. The van der Waals surface area contributed by atoms with Gasteiger partial charge in [0, 0.05) is 5.41 Å². The van der Waals surface area contributed by atoms with Crippen LogP contribution < -0.4 is 10.6 Å². The molecule has 0 unspecified atom stereocenters. The second-order valence-corrected chi connectivity index (χ2v) is 5.46. The minimum Gasteiger partial charge on any atom is -0.347 e.